The maximum atomic E-state index is 12.3. The predicted molar refractivity (Wildman–Crippen MR) is 576 cm³/mol. The number of primary amides is 2. The summed E-state index contributed by atoms with van der Waals surface area (Å²) < 4.78 is 72.3. The number of benzene rings is 3. The Morgan fingerprint density at radius 1 is 0.507 bits per heavy atom. The molecule has 14 N–H and O–H groups in total. The molecule has 9 aliphatic rings. The Labute approximate surface area is 941 Å². The van der Waals surface area contributed by atoms with E-state index in [1.807, 2.05) is 105 Å². The first-order chi connectivity index (χ1) is 67.4. The fourth-order valence-electron chi connectivity index (χ4n) is 16.8. The van der Waals surface area contributed by atoms with E-state index in [1.54, 1.807) is 37.5 Å². The van der Waals surface area contributed by atoms with Crippen LogP contribution in [0.4, 0.5) is 14.4 Å². The Morgan fingerprint density at radius 2 is 0.847 bits per heavy atom. The minimum Gasteiger partial charge on any atom is -0.724 e. The maximum absolute atomic E-state index is 12.3. The zero-order chi connectivity index (χ0) is 107. The Kier molecular flexibility index (Phi) is 75.8. The van der Waals surface area contributed by atoms with Gasteiger partial charge < -0.3 is 86.7 Å². The summed E-state index contributed by atoms with van der Waals surface area (Å²) in [6.45, 7) is 28.1. The summed E-state index contributed by atoms with van der Waals surface area (Å²) in [6.07, 6.45) is 22.8. The van der Waals surface area contributed by atoms with Crippen LogP contribution < -0.4 is 92.2 Å². The molecule has 0 aliphatic carbocycles. The molecule has 9 aliphatic heterocycles. The van der Waals surface area contributed by atoms with Crippen LogP contribution in [0.1, 0.15) is 227 Å². The topological polar surface area (TPSA) is 596 Å². The number of hydrogen-bond donors (Lipinski definition) is 11. The molecule has 43 nitrogen and oxygen atoms in total. The summed E-state index contributed by atoms with van der Waals surface area (Å²) in [4.78, 5) is 165. The number of Topliss-reactive ketones (excluding diaryl/α,β-unsaturated/α-hetero) is 5. The van der Waals surface area contributed by atoms with E-state index in [4.69, 9.17) is 51.5 Å². The summed E-state index contributed by atoms with van der Waals surface area (Å²) >= 11 is 9.54. The molecular formula is C92H151I6N17NaO26S2-. The van der Waals surface area contributed by atoms with Crippen LogP contribution in [0.25, 0.3) is 0 Å². The van der Waals surface area contributed by atoms with Crippen molar-refractivity contribution >= 4 is 196 Å². The second-order valence-electron chi connectivity index (χ2n) is 35.3. The number of carboxylic acids is 2. The Balaban J connectivity index is 0.00000160. The van der Waals surface area contributed by atoms with Crippen molar-refractivity contribution in [1.82, 2.24) is 67.0 Å². The van der Waals surface area contributed by atoms with Crippen LogP contribution in [0.5, 0.6) is 0 Å². The number of urea groups is 3. The van der Waals surface area contributed by atoms with Gasteiger partial charge >= 0.3 is 110 Å². The van der Waals surface area contributed by atoms with Gasteiger partial charge in [0.05, 0.1) is 81.7 Å². The number of nitrogens with zero attached hydrogens (tertiary/aromatic N) is 8. The van der Waals surface area contributed by atoms with Gasteiger partial charge in [-0.25, -0.2) is 40.8 Å². The zero-order valence-corrected chi connectivity index (χ0v) is 101. The number of carbonyl (C=O) groups is 13. The third-order valence-electron chi connectivity index (χ3n) is 24.7. The maximum Gasteiger partial charge on any atom is 1.00 e. The molecule has 12 rings (SSSR count). The molecule has 9 amide bonds. The minimum atomic E-state index is -5.00. The van der Waals surface area contributed by atoms with E-state index in [9.17, 15) is 78.7 Å². The second kappa shape index (κ2) is 78.1. The molecule has 9 heterocycles. The SMILES string of the molecule is CC(=O)[C@@H]1CC[C@@H](NOCc2ccccc2)CN1.CC(=O)[C@@H]1CC[C@@H](NOCc2ccccc2)CN1C=O.CC(=O)[C@@H]1CC[C@@H]2CN1C(=O)N2OCc1ccccc1.CCCC[N+](CCCC)(CCCC)CCCC.CN[C@@H](CN)CCCC(C)=O.CN[C@@H]1CC[C@@H](C(C)=O)NC1.I.II.I[I-]I.NC(=O)[C@@H]1CC[C@@H]2CN1C(=O)N2OS(=O)(=O)[O-].NC(=O)[C@@H]1CC[C@@H]2CN1C(=O)N2OS(=O)(=O)[O-].O=C(O)C(=O)O.[Na+]. The van der Waals surface area contributed by atoms with Crippen molar-refractivity contribution < 1.29 is 169 Å². The molecule has 144 heavy (non-hydrogen) atoms. The third kappa shape index (κ3) is 54.9. The standard InChI is InChI=1S/C16H36N.C15H18N2O3.C15H20N2O3.C14H20N2O2.C8H16N2O.C8H18N2O.2C7H11N3O6S.C2H2O4.I3.I2.HI.Na/c1-5-9-13-17(14-10-6-2,15-11-7-3)16-12-8-4;1-11(18)14-8-7-13-9-16(14)15(19)17(13)20-10-12-5-3-2-4-6-12;1-12(19)15-8-7-14(9-17(15)11-18)16-20-10-13-5-3-2-4-6-13;1-11(17)14-8-7-13(9-15-14)16-18-10-12-5-3-2-4-6-12;1-6(11)8-4-3-7(9-2)5-10-8;1-7(11)4-3-5-8(6-9)10-2;2*8-6(11)5-2-1-4-3-9(5)7(12)10(4)16-17(13,14)15;3-1(4)2(5)6;1-3-2;1-2;;/h5-16H2,1-4H3;2-6,13-14H,7-10H2,1H3;2-6,11,14-16H,7-10H2,1H3;2-6,13-16H,7-10H2,1H3;7-10H,3-5H2,1-2H3;8,10H,3-6,9H2,1-2H3;2*4-5H,1-3H2,(H2,8,11)(H,13,14,15);(H,3,4)(H,5,6);;;1H;/q+1;;;;;;;;;-1;;;+1/p-2/t;13-,14+;14-,15+;13-,14+;7-,8+;8-;2*4-,5+;;;;;/m.1111111...../s1. The molecule has 0 saturated carbocycles. The first-order valence-corrected chi connectivity index (χ1v) is 69.2. The van der Waals surface area contributed by atoms with Crippen molar-refractivity contribution in [3.63, 3.8) is 0 Å². The number of likely N-dealkylation sites (tertiary alicyclic amines) is 1. The van der Waals surface area contributed by atoms with Gasteiger partial charge in [0.1, 0.15) is 36.0 Å². The van der Waals surface area contributed by atoms with Crippen LogP contribution in [-0.2, 0) is 112 Å². The van der Waals surface area contributed by atoms with Gasteiger partial charge in [-0.15, -0.1) is 24.0 Å². The van der Waals surface area contributed by atoms with Crippen molar-refractivity contribution in [2.24, 2.45) is 17.2 Å². The van der Waals surface area contributed by atoms with Crippen LogP contribution in [-0.4, -0.2) is 317 Å². The average Bonchev–Trinajstić information content (AvgIpc) is 1.64. The summed E-state index contributed by atoms with van der Waals surface area (Å²) in [5.41, 5.74) is 25.0. The van der Waals surface area contributed by atoms with Crippen LogP contribution in [0.3, 0.4) is 0 Å². The fourth-order valence-corrected chi connectivity index (χ4v) is 17.6. The molecule has 13 atom stereocenters. The van der Waals surface area contributed by atoms with Gasteiger partial charge in [0, 0.05) is 114 Å². The molecule has 6 bridgehead atoms. The first kappa shape index (κ1) is 140. The number of piperidine rings is 6. The molecule has 3 aromatic rings. The number of unbranched alkanes of at least 4 members (excludes halogenated alkanes) is 4. The third-order valence-corrected chi connectivity index (χ3v) is 25.3. The summed E-state index contributed by atoms with van der Waals surface area (Å²) in [7, 11) is -6.16. The Bertz CT molecular complexity index is 4350. The number of quaternary nitrogens is 1. The molecule has 816 valence electrons. The molecule has 0 aromatic heterocycles. The number of halogens is 6. The van der Waals surface area contributed by atoms with Crippen LogP contribution in [0, 0.1) is 0 Å². The summed E-state index contributed by atoms with van der Waals surface area (Å²) in [6, 6.07) is 26.1. The van der Waals surface area contributed by atoms with E-state index in [1.165, 1.54) is 94.0 Å². The second-order valence-corrected chi connectivity index (χ2v) is 53.4. The van der Waals surface area contributed by atoms with Crippen molar-refractivity contribution in [2.45, 2.75) is 308 Å². The summed E-state index contributed by atoms with van der Waals surface area (Å²) in [5.74, 6) is -4.13. The number of hydrogen-bond acceptors (Lipinski definition) is 31. The normalized spacial score (nSPS) is 21.7. The molecule has 0 radical (unpaired) electrons. The largest absolute Gasteiger partial charge is 1.00 e. The number of fused-ring (bicyclic) bond motifs is 6. The van der Waals surface area contributed by atoms with E-state index in [0.29, 0.717) is 113 Å². The van der Waals surface area contributed by atoms with Gasteiger partial charge in [0.2, 0.25) is 39.0 Å². The van der Waals surface area contributed by atoms with Crippen molar-refractivity contribution in [1.29, 1.82) is 0 Å². The van der Waals surface area contributed by atoms with E-state index in [-0.39, 0.29) is 144 Å². The number of aliphatic carboxylic acids is 2. The van der Waals surface area contributed by atoms with Crippen LogP contribution >= 0.6 is 98.4 Å². The molecule has 0 unspecified atom stereocenters. The molecule has 9 saturated heterocycles. The van der Waals surface area contributed by atoms with Crippen LogP contribution in [0.15, 0.2) is 91.0 Å². The van der Waals surface area contributed by atoms with Crippen LogP contribution in [0.2, 0.25) is 0 Å². The van der Waals surface area contributed by atoms with Gasteiger partial charge in [-0.2, -0.15) is 34.7 Å². The number of amides is 9. The number of nitrogens with one attached hydrogen (secondary N) is 6. The van der Waals surface area contributed by atoms with Crippen molar-refractivity contribution in [3.05, 3.63) is 108 Å². The van der Waals surface area contributed by atoms with E-state index in [2.05, 4.69) is 143 Å². The zero-order valence-electron chi connectivity index (χ0n) is 84.5. The smallest absolute Gasteiger partial charge is 0.724 e. The first-order valence-electron chi connectivity index (χ1n) is 47.7. The van der Waals surface area contributed by atoms with Gasteiger partial charge in [-0.1, -0.05) is 144 Å². The average molecular weight is 2760 g/mol. The Morgan fingerprint density at radius 3 is 1.16 bits per heavy atom. The number of nitrogens with two attached hydrogens (primary N) is 3. The number of ketones is 5. The number of carbonyl (C=O) groups excluding carboxylic acids is 11. The summed E-state index contributed by atoms with van der Waals surface area (Å²) in [5, 5.41) is 30.0. The van der Waals surface area contributed by atoms with E-state index >= 15 is 0 Å². The van der Waals surface area contributed by atoms with E-state index in [0.717, 1.165) is 104 Å². The number of carboxylic acid groups (broad SMARTS) is 2. The minimum absolute atomic E-state index is 0. The fraction of sp³-hybridized carbons (Fsp3) is 0.663. The van der Waals surface area contributed by atoms with Gasteiger partial charge in [-0.05, 0) is 181 Å². The van der Waals surface area contributed by atoms with E-state index < -0.39 is 80.8 Å². The van der Waals surface area contributed by atoms with Gasteiger partial charge in [0.15, 0.2) is 11.6 Å². The monoisotopic (exact) mass is 2760 g/mol. The molecule has 3 aromatic carbocycles. The van der Waals surface area contributed by atoms with Crippen molar-refractivity contribution in [2.75, 3.05) is 86.1 Å². The van der Waals surface area contributed by atoms with Crippen molar-refractivity contribution in [3.8, 4) is 0 Å². The predicted octanol–water partition coefficient (Wildman–Crippen LogP) is 3.48. The number of hydroxylamine groups is 8. The molecule has 52 heteroatoms. The number of likely N-dealkylation sites (N-methyl/N-ethyl adjacent to an activating group) is 2. The number of rotatable bonds is 41. The van der Waals surface area contributed by atoms with Gasteiger partial charge in [0.25, 0.3) is 0 Å². The molecular weight excluding hydrogens is 2610 g/mol. The van der Waals surface area contributed by atoms with Gasteiger partial charge in [-0.3, -0.25) is 48.1 Å². The quantitative estimate of drug-likeness (QED) is 0.00566. The molecule has 0 spiro atoms. The Hall–Kier alpha value is -4.15. The molecule has 9 fully saturated rings.